The third-order valence-corrected chi connectivity index (χ3v) is 3.78. The Morgan fingerprint density at radius 3 is 2.70 bits per heavy atom. The van der Waals surface area contributed by atoms with Gasteiger partial charge in [0.1, 0.15) is 10.7 Å². The Morgan fingerprint density at radius 1 is 1.26 bits per heavy atom. The Kier molecular flexibility index (Phi) is 5.28. The molecule has 0 aliphatic rings. The summed E-state index contributed by atoms with van der Waals surface area (Å²) in [6.07, 6.45) is 0. The van der Waals surface area contributed by atoms with Gasteiger partial charge in [-0.15, -0.1) is 11.3 Å². The third kappa shape index (κ3) is 4.75. The van der Waals surface area contributed by atoms with Crippen LogP contribution in [0.4, 0.5) is 9.18 Å². The second-order valence-corrected chi connectivity index (χ2v) is 6.13. The van der Waals surface area contributed by atoms with Gasteiger partial charge in [0, 0.05) is 10.7 Å². The second-order valence-electron chi connectivity index (χ2n) is 5.05. The highest BCUT2D eigenvalue weighted by Crippen LogP contribution is 2.26. The lowest BCUT2D eigenvalue weighted by Gasteiger charge is -2.09. The minimum Gasteiger partial charge on any atom is -0.451 e. The van der Waals surface area contributed by atoms with Crippen LogP contribution in [0.2, 0.25) is 0 Å². The Bertz CT molecular complexity index is 757. The van der Waals surface area contributed by atoms with Gasteiger partial charge in [-0.3, -0.25) is 10.1 Å². The van der Waals surface area contributed by atoms with Gasteiger partial charge < -0.3 is 10.1 Å². The Hall–Kier alpha value is -2.48. The summed E-state index contributed by atoms with van der Waals surface area (Å²) >= 11 is 1.14. The smallest absolute Gasteiger partial charge is 0.348 e. The molecule has 0 aliphatic carbocycles. The highest BCUT2D eigenvalue weighted by Gasteiger charge is 2.15. The van der Waals surface area contributed by atoms with Gasteiger partial charge in [-0.2, -0.15) is 0 Å². The number of halogens is 1. The molecule has 1 heterocycles. The van der Waals surface area contributed by atoms with Crippen LogP contribution >= 0.6 is 11.3 Å². The summed E-state index contributed by atoms with van der Waals surface area (Å²) in [4.78, 5) is 34.9. The van der Waals surface area contributed by atoms with Crippen LogP contribution in [-0.4, -0.2) is 30.6 Å². The van der Waals surface area contributed by atoms with E-state index < -0.39 is 30.3 Å². The fourth-order valence-corrected chi connectivity index (χ4v) is 2.71. The van der Waals surface area contributed by atoms with E-state index in [1.54, 1.807) is 19.9 Å². The molecule has 2 N–H and O–H groups in total. The molecule has 1 aromatic carbocycles. The second kappa shape index (κ2) is 7.19. The first-order valence-electron chi connectivity index (χ1n) is 6.81. The zero-order chi connectivity index (χ0) is 17.0. The topological polar surface area (TPSA) is 84.5 Å². The van der Waals surface area contributed by atoms with Crippen LogP contribution in [0.5, 0.6) is 0 Å². The van der Waals surface area contributed by atoms with E-state index in [0.29, 0.717) is 5.39 Å². The number of esters is 1. The molecule has 0 bridgehead atoms. The molecule has 3 amide bonds. The fraction of sp³-hybridized carbons (Fsp3) is 0.267. The molecule has 2 aromatic rings. The van der Waals surface area contributed by atoms with Crippen molar-refractivity contribution in [2.45, 2.75) is 19.9 Å². The van der Waals surface area contributed by atoms with Crippen LogP contribution in [0.1, 0.15) is 23.5 Å². The molecule has 1 aromatic heterocycles. The van der Waals surface area contributed by atoms with Gasteiger partial charge in [-0.05, 0) is 43.5 Å². The van der Waals surface area contributed by atoms with Crippen molar-refractivity contribution >= 4 is 39.3 Å². The normalized spacial score (nSPS) is 10.6. The van der Waals surface area contributed by atoms with Crippen LogP contribution in [0, 0.1) is 5.82 Å². The maximum atomic E-state index is 13.1. The molecular formula is C15H15FN2O4S. The van der Waals surface area contributed by atoms with Crippen molar-refractivity contribution in [3.63, 3.8) is 0 Å². The number of ether oxygens (including phenoxy) is 1. The van der Waals surface area contributed by atoms with E-state index >= 15 is 0 Å². The standard InChI is InChI=1S/C15H15FN2O4S/c1-8(2)17-15(21)18-13(19)7-22-14(20)12-6-9-5-10(16)3-4-11(9)23-12/h3-6,8H,7H2,1-2H3,(H2,17,18,19,21). The average molecular weight is 338 g/mol. The molecule has 0 fully saturated rings. The third-order valence-electron chi connectivity index (χ3n) is 2.69. The Labute approximate surface area is 135 Å². The molecule has 8 heteroatoms. The van der Waals surface area contributed by atoms with Gasteiger partial charge in [-0.25, -0.2) is 14.0 Å². The molecule has 0 atom stereocenters. The van der Waals surface area contributed by atoms with Gasteiger partial charge in [0.2, 0.25) is 0 Å². The van der Waals surface area contributed by atoms with E-state index in [2.05, 4.69) is 5.32 Å². The van der Waals surface area contributed by atoms with E-state index in [0.717, 1.165) is 16.0 Å². The lowest BCUT2D eigenvalue weighted by molar-refractivity contribution is -0.123. The summed E-state index contributed by atoms with van der Waals surface area (Å²) < 4.78 is 18.7. The van der Waals surface area contributed by atoms with E-state index in [9.17, 15) is 18.8 Å². The molecule has 2 rings (SSSR count). The van der Waals surface area contributed by atoms with Gasteiger partial charge in [0.25, 0.3) is 5.91 Å². The van der Waals surface area contributed by atoms with Crippen molar-refractivity contribution in [2.24, 2.45) is 0 Å². The fourth-order valence-electron chi connectivity index (χ4n) is 1.78. The molecule has 0 aliphatic heterocycles. The van der Waals surface area contributed by atoms with E-state index in [1.807, 2.05) is 5.32 Å². The number of rotatable bonds is 4. The van der Waals surface area contributed by atoms with Gasteiger partial charge in [-0.1, -0.05) is 0 Å². The van der Waals surface area contributed by atoms with Crippen LogP contribution in [0.3, 0.4) is 0 Å². The van der Waals surface area contributed by atoms with Crippen molar-refractivity contribution in [1.82, 2.24) is 10.6 Å². The molecule has 23 heavy (non-hydrogen) atoms. The highest BCUT2D eigenvalue weighted by molar-refractivity contribution is 7.20. The molecular weight excluding hydrogens is 323 g/mol. The van der Waals surface area contributed by atoms with E-state index in [1.165, 1.54) is 18.2 Å². The molecule has 0 saturated heterocycles. The number of imide groups is 1. The van der Waals surface area contributed by atoms with Crippen LogP contribution in [0.15, 0.2) is 24.3 Å². The SMILES string of the molecule is CC(C)NC(=O)NC(=O)COC(=O)c1cc2cc(F)ccc2s1. The van der Waals surface area contributed by atoms with Crippen molar-refractivity contribution in [3.05, 3.63) is 35.0 Å². The van der Waals surface area contributed by atoms with Gasteiger partial charge in [0.15, 0.2) is 6.61 Å². The quantitative estimate of drug-likeness (QED) is 0.839. The summed E-state index contributed by atoms with van der Waals surface area (Å²) in [5, 5.41) is 5.10. The first kappa shape index (κ1) is 16.9. The van der Waals surface area contributed by atoms with E-state index in [4.69, 9.17) is 4.74 Å². The molecule has 0 spiro atoms. The average Bonchev–Trinajstić information content (AvgIpc) is 2.86. The lowest BCUT2D eigenvalue weighted by Crippen LogP contribution is -2.44. The Morgan fingerprint density at radius 2 is 2.00 bits per heavy atom. The van der Waals surface area contributed by atoms with Crippen molar-refractivity contribution in [2.75, 3.05) is 6.61 Å². The number of nitrogens with one attached hydrogen (secondary N) is 2. The maximum Gasteiger partial charge on any atom is 0.348 e. The first-order valence-corrected chi connectivity index (χ1v) is 7.63. The zero-order valence-electron chi connectivity index (χ0n) is 12.5. The maximum absolute atomic E-state index is 13.1. The molecule has 122 valence electrons. The van der Waals surface area contributed by atoms with Crippen molar-refractivity contribution in [1.29, 1.82) is 0 Å². The summed E-state index contributed by atoms with van der Waals surface area (Å²) in [7, 11) is 0. The number of carbonyl (C=O) groups is 3. The van der Waals surface area contributed by atoms with Crippen LogP contribution in [0.25, 0.3) is 10.1 Å². The molecule has 0 radical (unpaired) electrons. The number of urea groups is 1. The minimum atomic E-state index is -0.733. The van der Waals surface area contributed by atoms with Gasteiger partial charge >= 0.3 is 12.0 Å². The molecule has 0 saturated carbocycles. The summed E-state index contributed by atoms with van der Waals surface area (Å²) in [5.74, 6) is -1.83. The summed E-state index contributed by atoms with van der Waals surface area (Å²) in [6.45, 7) is 2.91. The number of hydrogen-bond donors (Lipinski definition) is 2. The first-order chi connectivity index (χ1) is 10.8. The Balaban J connectivity index is 1.90. The lowest BCUT2D eigenvalue weighted by atomic mass is 10.2. The molecule has 0 unspecified atom stereocenters. The largest absolute Gasteiger partial charge is 0.451 e. The predicted molar refractivity (Wildman–Crippen MR) is 83.9 cm³/mol. The monoisotopic (exact) mass is 338 g/mol. The number of carbonyl (C=O) groups excluding carboxylic acids is 3. The number of hydrogen-bond acceptors (Lipinski definition) is 5. The van der Waals surface area contributed by atoms with Crippen molar-refractivity contribution in [3.8, 4) is 0 Å². The van der Waals surface area contributed by atoms with Crippen LogP contribution in [-0.2, 0) is 9.53 Å². The van der Waals surface area contributed by atoms with Crippen molar-refractivity contribution < 1.29 is 23.5 Å². The molecule has 6 nitrogen and oxygen atoms in total. The highest BCUT2D eigenvalue weighted by atomic mass is 32.1. The number of benzene rings is 1. The summed E-state index contributed by atoms with van der Waals surface area (Å²) in [6, 6.07) is 4.90. The minimum absolute atomic E-state index is 0.121. The number of fused-ring (bicyclic) bond motifs is 1. The van der Waals surface area contributed by atoms with Gasteiger partial charge in [0.05, 0.1) is 0 Å². The number of thiophene rings is 1. The zero-order valence-corrected chi connectivity index (χ0v) is 13.3. The number of amides is 3. The summed E-state index contributed by atoms with van der Waals surface area (Å²) in [5.41, 5.74) is 0. The van der Waals surface area contributed by atoms with Crippen LogP contribution < -0.4 is 10.6 Å². The van der Waals surface area contributed by atoms with E-state index in [-0.39, 0.29) is 10.9 Å². The predicted octanol–water partition coefficient (Wildman–Crippen LogP) is 2.43.